The SMILES string of the molecule is Cc1cc(=O)[nH]c(CCN[C@H]2CCC(=O)N(CC3CC3)CC2)n1. The molecular formula is C17H26N4O2. The summed E-state index contributed by atoms with van der Waals surface area (Å²) in [5.74, 6) is 1.79. The van der Waals surface area contributed by atoms with Crippen LogP contribution in [-0.2, 0) is 11.2 Å². The summed E-state index contributed by atoms with van der Waals surface area (Å²) in [6, 6.07) is 1.88. The number of likely N-dealkylation sites (tertiary alicyclic amines) is 1. The van der Waals surface area contributed by atoms with Crippen molar-refractivity contribution in [3.05, 3.63) is 27.9 Å². The molecule has 1 saturated heterocycles. The summed E-state index contributed by atoms with van der Waals surface area (Å²) in [7, 11) is 0. The Morgan fingerprint density at radius 1 is 1.30 bits per heavy atom. The van der Waals surface area contributed by atoms with Crippen LogP contribution in [0.15, 0.2) is 10.9 Å². The van der Waals surface area contributed by atoms with E-state index in [9.17, 15) is 9.59 Å². The van der Waals surface area contributed by atoms with Crippen LogP contribution in [0.3, 0.4) is 0 Å². The van der Waals surface area contributed by atoms with Crippen molar-refractivity contribution in [1.29, 1.82) is 0 Å². The number of nitrogens with zero attached hydrogens (tertiary/aromatic N) is 2. The number of aryl methyl sites for hydroxylation is 1. The molecule has 0 bridgehead atoms. The van der Waals surface area contributed by atoms with Gasteiger partial charge in [-0.05, 0) is 38.5 Å². The molecule has 6 heteroatoms. The predicted molar refractivity (Wildman–Crippen MR) is 88.2 cm³/mol. The topological polar surface area (TPSA) is 78.1 Å². The molecule has 3 rings (SSSR count). The van der Waals surface area contributed by atoms with Crippen LogP contribution in [0.1, 0.15) is 43.6 Å². The summed E-state index contributed by atoms with van der Waals surface area (Å²) in [5, 5.41) is 3.52. The summed E-state index contributed by atoms with van der Waals surface area (Å²) < 4.78 is 0. The minimum atomic E-state index is -0.0942. The Morgan fingerprint density at radius 3 is 2.87 bits per heavy atom. The van der Waals surface area contributed by atoms with Crippen molar-refractivity contribution in [2.75, 3.05) is 19.6 Å². The summed E-state index contributed by atoms with van der Waals surface area (Å²) >= 11 is 0. The van der Waals surface area contributed by atoms with E-state index in [-0.39, 0.29) is 5.56 Å². The molecule has 0 aromatic carbocycles. The molecule has 0 radical (unpaired) electrons. The molecule has 1 aliphatic carbocycles. The molecule has 0 spiro atoms. The van der Waals surface area contributed by atoms with Gasteiger partial charge in [-0.3, -0.25) is 9.59 Å². The molecule has 0 unspecified atom stereocenters. The van der Waals surface area contributed by atoms with Crippen LogP contribution in [-0.4, -0.2) is 46.5 Å². The zero-order chi connectivity index (χ0) is 16.2. The van der Waals surface area contributed by atoms with Crippen molar-refractivity contribution >= 4 is 5.91 Å². The van der Waals surface area contributed by atoms with E-state index in [1.54, 1.807) is 0 Å². The first kappa shape index (κ1) is 16.2. The van der Waals surface area contributed by atoms with E-state index < -0.39 is 0 Å². The van der Waals surface area contributed by atoms with Crippen LogP contribution in [0.4, 0.5) is 0 Å². The molecule has 1 aromatic rings. The van der Waals surface area contributed by atoms with E-state index in [0.717, 1.165) is 49.9 Å². The number of amides is 1. The number of aromatic nitrogens is 2. The van der Waals surface area contributed by atoms with Gasteiger partial charge in [-0.2, -0.15) is 0 Å². The second-order valence-electron chi connectivity index (χ2n) is 6.84. The van der Waals surface area contributed by atoms with Crippen LogP contribution in [0.25, 0.3) is 0 Å². The van der Waals surface area contributed by atoms with Crippen molar-refractivity contribution < 1.29 is 4.79 Å². The van der Waals surface area contributed by atoms with Crippen molar-refractivity contribution in [2.45, 2.75) is 51.5 Å². The lowest BCUT2D eigenvalue weighted by Crippen LogP contribution is -2.34. The number of rotatable bonds is 6. The lowest BCUT2D eigenvalue weighted by atomic mass is 10.1. The quantitative estimate of drug-likeness (QED) is 0.820. The maximum absolute atomic E-state index is 12.1. The molecule has 2 fully saturated rings. The monoisotopic (exact) mass is 318 g/mol. The number of hydrogen-bond donors (Lipinski definition) is 2. The summed E-state index contributed by atoms with van der Waals surface area (Å²) in [4.78, 5) is 32.7. The van der Waals surface area contributed by atoms with Crippen molar-refractivity contribution in [3.63, 3.8) is 0 Å². The number of nitrogens with one attached hydrogen (secondary N) is 2. The average molecular weight is 318 g/mol. The van der Waals surface area contributed by atoms with Gasteiger partial charge in [0.2, 0.25) is 5.91 Å². The first-order chi connectivity index (χ1) is 11.1. The molecule has 1 atom stereocenters. The Bertz CT molecular complexity index is 609. The van der Waals surface area contributed by atoms with E-state index >= 15 is 0 Å². The molecule has 1 amide bonds. The lowest BCUT2D eigenvalue weighted by molar-refractivity contribution is -0.130. The van der Waals surface area contributed by atoms with Gasteiger partial charge in [0, 0.05) is 50.3 Å². The van der Waals surface area contributed by atoms with Crippen molar-refractivity contribution in [3.8, 4) is 0 Å². The number of aromatic amines is 1. The zero-order valence-corrected chi connectivity index (χ0v) is 13.8. The van der Waals surface area contributed by atoms with Gasteiger partial charge in [-0.25, -0.2) is 4.98 Å². The smallest absolute Gasteiger partial charge is 0.251 e. The maximum Gasteiger partial charge on any atom is 0.251 e. The first-order valence-corrected chi connectivity index (χ1v) is 8.68. The van der Waals surface area contributed by atoms with Gasteiger partial charge in [0.05, 0.1) is 0 Å². The highest BCUT2D eigenvalue weighted by Crippen LogP contribution is 2.30. The number of H-pyrrole nitrogens is 1. The van der Waals surface area contributed by atoms with Crippen LogP contribution in [0.5, 0.6) is 0 Å². The third-order valence-corrected chi connectivity index (χ3v) is 4.70. The molecule has 1 saturated carbocycles. The van der Waals surface area contributed by atoms with E-state index in [2.05, 4.69) is 20.2 Å². The molecule has 2 aliphatic rings. The normalized spacial score (nSPS) is 22.2. The van der Waals surface area contributed by atoms with Crippen LogP contribution in [0.2, 0.25) is 0 Å². The fourth-order valence-electron chi connectivity index (χ4n) is 3.20. The molecule has 126 valence electrons. The third kappa shape index (κ3) is 4.89. The minimum Gasteiger partial charge on any atom is -0.342 e. The average Bonchev–Trinajstić information content (AvgIpc) is 3.31. The zero-order valence-electron chi connectivity index (χ0n) is 13.8. The fourth-order valence-corrected chi connectivity index (χ4v) is 3.20. The standard InChI is InChI=1S/C17H26N4O2/c1-12-10-16(22)20-15(19-12)6-8-18-14-4-5-17(23)21(9-7-14)11-13-2-3-13/h10,13-14,18H,2-9,11H2,1H3,(H,19,20,22)/t14-/m0/s1. The van der Waals surface area contributed by atoms with E-state index in [0.29, 0.717) is 24.8 Å². The largest absolute Gasteiger partial charge is 0.342 e. The molecule has 2 heterocycles. The maximum atomic E-state index is 12.1. The van der Waals surface area contributed by atoms with Gasteiger partial charge in [0.1, 0.15) is 5.82 Å². The summed E-state index contributed by atoms with van der Waals surface area (Å²) in [6.45, 7) is 4.43. The van der Waals surface area contributed by atoms with E-state index in [4.69, 9.17) is 0 Å². The Balaban J connectivity index is 1.44. The van der Waals surface area contributed by atoms with Gasteiger partial charge in [0.15, 0.2) is 0 Å². The molecule has 1 aliphatic heterocycles. The summed E-state index contributed by atoms with van der Waals surface area (Å²) in [5.41, 5.74) is 0.655. The second-order valence-corrected chi connectivity index (χ2v) is 6.84. The number of hydrogen-bond acceptors (Lipinski definition) is 4. The molecule has 2 N–H and O–H groups in total. The van der Waals surface area contributed by atoms with Crippen LogP contribution in [0, 0.1) is 12.8 Å². The molecule has 23 heavy (non-hydrogen) atoms. The number of carbonyl (C=O) groups excluding carboxylic acids is 1. The fraction of sp³-hybridized carbons (Fsp3) is 0.706. The lowest BCUT2D eigenvalue weighted by Gasteiger charge is -2.20. The van der Waals surface area contributed by atoms with Gasteiger partial charge in [-0.15, -0.1) is 0 Å². The van der Waals surface area contributed by atoms with Gasteiger partial charge in [0.25, 0.3) is 5.56 Å². The highest BCUT2D eigenvalue weighted by molar-refractivity contribution is 5.76. The van der Waals surface area contributed by atoms with Crippen molar-refractivity contribution in [1.82, 2.24) is 20.2 Å². The molecule has 1 aromatic heterocycles. The Labute approximate surface area is 136 Å². The third-order valence-electron chi connectivity index (χ3n) is 4.70. The minimum absolute atomic E-state index is 0.0942. The highest BCUT2D eigenvalue weighted by Gasteiger charge is 2.28. The first-order valence-electron chi connectivity index (χ1n) is 8.68. The second kappa shape index (κ2) is 7.25. The summed E-state index contributed by atoms with van der Waals surface area (Å²) in [6.07, 6.45) is 5.82. The predicted octanol–water partition coefficient (Wildman–Crippen LogP) is 1.00. The van der Waals surface area contributed by atoms with E-state index in [1.165, 1.54) is 18.9 Å². The van der Waals surface area contributed by atoms with Crippen LogP contribution >= 0.6 is 0 Å². The Hall–Kier alpha value is -1.69. The molecular weight excluding hydrogens is 292 g/mol. The van der Waals surface area contributed by atoms with Gasteiger partial charge >= 0.3 is 0 Å². The highest BCUT2D eigenvalue weighted by atomic mass is 16.2. The Kier molecular flexibility index (Phi) is 5.10. The van der Waals surface area contributed by atoms with Crippen molar-refractivity contribution in [2.24, 2.45) is 5.92 Å². The Morgan fingerprint density at radius 2 is 2.13 bits per heavy atom. The van der Waals surface area contributed by atoms with Gasteiger partial charge in [-0.1, -0.05) is 0 Å². The van der Waals surface area contributed by atoms with E-state index in [1.807, 2.05) is 6.92 Å². The van der Waals surface area contributed by atoms with Crippen LogP contribution < -0.4 is 10.9 Å². The number of carbonyl (C=O) groups is 1. The molecule has 6 nitrogen and oxygen atoms in total. The van der Waals surface area contributed by atoms with Gasteiger partial charge < -0.3 is 15.2 Å².